The fourth-order valence-electron chi connectivity index (χ4n) is 3.45. The zero-order chi connectivity index (χ0) is 20.2. The van der Waals surface area contributed by atoms with Crippen molar-refractivity contribution in [3.63, 3.8) is 0 Å². The normalized spacial score (nSPS) is 15.9. The van der Waals surface area contributed by atoms with Crippen LogP contribution in [0.25, 0.3) is 0 Å². The van der Waals surface area contributed by atoms with E-state index in [9.17, 15) is 4.79 Å². The number of fused-ring (bicyclic) bond motifs is 1. The van der Waals surface area contributed by atoms with E-state index in [-0.39, 0.29) is 12.1 Å². The average molecular weight is 390 g/mol. The predicted molar refractivity (Wildman–Crippen MR) is 113 cm³/mol. The van der Waals surface area contributed by atoms with Crippen molar-refractivity contribution >= 4 is 11.6 Å². The van der Waals surface area contributed by atoms with Crippen LogP contribution in [0, 0.1) is 5.92 Å². The van der Waals surface area contributed by atoms with Gasteiger partial charge >= 0.3 is 0 Å². The third-order valence-electron chi connectivity index (χ3n) is 5.09. The molecule has 1 aromatic heterocycles. The third kappa shape index (κ3) is 4.29. The molecule has 1 N–H and O–H groups in total. The van der Waals surface area contributed by atoms with E-state index in [2.05, 4.69) is 19.2 Å². The molecule has 150 valence electrons. The molecule has 2 aromatic carbocycles. The Labute approximate surface area is 171 Å². The topological polar surface area (TPSA) is 54.7 Å². The van der Waals surface area contributed by atoms with Gasteiger partial charge in [0.15, 0.2) is 0 Å². The van der Waals surface area contributed by atoms with E-state index in [1.54, 1.807) is 11.2 Å². The first-order valence-corrected chi connectivity index (χ1v) is 10.0. The lowest BCUT2D eigenvalue weighted by atomic mass is 10.0. The molecule has 1 atom stereocenters. The van der Waals surface area contributed by atoms with Crippen molar-refractivity contribution in [2.75, 3.05) is 11.9 Å². The second-order valence-electron chi connectivity index (χ2n) is 7.70. The van der Waals surface area contributed by atoms with Gasteiger partial charge in [0.05, 0.1) is 25.0 Å². The first-order valence-electron chi connectivity index (χ1n) is 10.0. The highest BCUT2D eigenvalue weighted by molar-refractivity contribution is 6.01. The Morgan fingerprint density at radius 2 is 1.86 bits per heavy atom. The molecule has 1 aliphatic heterocycles. The van der Waals surface area contributed by atoms with Gasteiger partial charge in [0.2, 0.25) is 0 Å². The van der Waals surface area contributed by atoms with E-state index in [4.69, 9.17) is 9.15 Å². The van der Waals surface area contributed by atoms with Crippen LogP contribution in [0.4, 0.5) is 5.69 Å². The van der Waals surface area contributed by atoms with Crippen LogP contribution in [0.5, 0.6) is 5.75 Å². The van der Waals surface area contributed by atoms with Crippen molar-refractivity contribution in [1.29, 1.82) is 0 Å². The molecule has 29 heavy (non-hydrogen) atoms. The number of furan rings is 1. The van der Waals surface area contributed by atoms with Crippen LogP contribution in [0.2, 0.25) is 0 Å². The molecule has 5 heteroatoms. The summed E-state index contributed by atoms with van der Waals surface area (Å²) >= 11 is 0. The zero-order valence-electron chi connectivity index (χ0n) is 16.8. The Bertz CT molecular complexity index is 949. The molecule has 0 spiro atoms. The number of benzene rings is 2. The molecular formula is C24H26N2O3. The Morgan fingerprint density at radius 3 is 2.59 bits per heavy atom. The minimum Gasteiger partial charge on any atom is -0.494 e. The molecule has 5 nitrogen and oxygen atoms in total. The van der Waals surface area contributed by atoms with Gasteiger partial charge in [0.25, 0.3) is 5.91 Å². The van der Waals surface area contributed by atoms with Crippen LogP contribution >= 0.6 is 0 Å². The predicted octanol–water partition coefficient (Wildman–Crippen LogP) is 5.47. The Balaban J connectivity index is 1.58. The van der Waals surface area contributed by atoms with Gasteiger partial charge in [-0.2, -0.15) is 0 Å². The minimum absolute atomic E-state index is 0.0157. The number of anilines is 1. The fourth-order valence-corrected chi connectivity index (χ4v) is 3.45. The largest absolute Gasteiger partial charge is 0.494 e. The lowest BCUT2D eigenvalue weighted by molar-refractivity contribution is 0.0651. The number of carbonyl (C=O) groups is 1. The standard InChI is InChI=1S/C24H26N2O3/c1-17(2)13-15-29-19-11-9-18(10-12-19)23-25-22-8-4-3-7-21(22)24(27)26(23)16-20-6-5-14-28-20/h3-12,14,17,23,25H,13,15-16H2,1-2H3. The second-order valence-corrected chi connectivity index (χ2v) is 7.70. The Hall–Kier alpha value is -3.21. The first-order chi connectivity index (χ1) is 14.1. The Morgan fingerprint density at radius 1 is 1.07 bits per heavy atom. The van der Waals surface area contributed by atoms with E-state index >= 15 is 0 Å². The highest BCUT2D eigenvalue weighted by Gasteiger charge is 2.33. The van der Waals surface area contributed by atoms with Gasteiger partial charge in [-0.15, -0.1) is 0 Å². The fraction of sp³-hybridized carbons (Fsp3) is 0.292. The van der Waals surface area contributed by atoms with Gasteiger partial charge in [-0.05, 0) is 54.3 Å². The molecule has 0 aliphatic carbocycles. The van der Waals surface area contributed by atoms with Crippen molar-refractivity contribution in [2.45, 2.75) is 33.0 Å². The number of amides is 1. The van der Waals surface area contributed by atoms with Crippen LogP contribution in [-0.4, -0.2) is 17.4 Å². The highest BCUT2D eigenvalue weighted by atomic mass is 16.5. The summed E-state index contributed by atoms with van der Waals surface area (Å²) in [7, 11) is 0. The molecule has 0 saturated heterocycles. The van der Waals surface area contributed by atoms with Crippen LogP contribution in [0.3, 0.4) is 0 Å². The summed E-state index contributed by atoms with van der Waals surface area (Å²) in [6.45, 7) is 5.47. The molecular weight excluding hydrogens is 364 g/mol. The third-order valence-corrected chi connectivity index (χ3v) is 5.09. The zero-order valence-corrected chi connectivity index (χ0v) is 16.8. The molecule has 2 heterocycles. The van der Waals surface area contributed by atoms with Crippen LogP contribution in [0.15, 0.2) is 71.3 Å². The molecule has 0 radical (unpaired) electrons. The van der Waals surface area contributed by atoms with E-state index in [0.717, 1.165) is 29.2 Å². The van der Waals surface area contributed by atoms with E-state index < -0.39 is 0 Å². The summed E-state index contributed by atoms with van der Waals surface area (Å²) in [4.78, 5) is 15.0. The monoisotopic (exact) mass is 390 g/mol. The van der Waals surface area contributed by atoms with Gasteiger partial charge in [0, 0.05) is 5.69 Å². The van der Waals surface area contributed by atoms with Crippen LogP contribution < -0.4 is 10.1 Å². The van der Waals surface area contributed by atoms with Crippen molar-refractivity contribution in [2.24, 2.45) is 5.92 Å². The second kappa shape index (κ2) is 8.43. The SMILES string of the molecule is CC(C)CCOc1ccc(C2Nc3ccccc3C(=O)N2Cc2ccco2)cc1. The number of nitrogens with zero attached hydrogens (tertiary/aromatic N) is 1. The van der Waals surface area contributed by atoms with E-state index in [1.807, 2.05) is 60.7 Å². The molecule has 1 unspecified atom stereocenters. The molecule has 1 aliphatic rings. The van der Waals surface area contributed by atoms with Crippen molar-refractivity contribution in [3.05, 3.63) is 83.8 Å². The molecule has 0 fully saturated rings. The summed E-state index contributed by atoms with van der Waals surface area (Å²) in [6.07, 6.45) is 2.37. The number of para-hydroxylation sites is 1. The maximum Gasteiger partial charge on any atom is 0.258 e. The summed E-state index contributed by atoms with van der Waals surface area (Å²) in [5, 5.41) is 3.51. The van der Waals surface area contributed by atoms with Gasteiger partial charge < -0.3 is 19.4 Å². The number of hydrogen-bond acceptors (Lipinski definition) is 4. The van der Waals surface area contributed by atoms with E-state index in [1.165, 1.54) is 0 Å². The van der Waals surface area contributed by atoms with Gasteiger partial charge in [0.1, 0.15) is 17.7 Å². The molecule has 3 aromatic rings. The molecule has 4 rings (SSSR count). The number of ether oxygens (including phenoxy) is 1. The number of nitrogens with one attached hydrogen (secondary N) is 1. The quantitative estimate of drug-likeness (QED) is 0.581. The maximum absolute atomic E-state index is 13.2. The molecule has 0 bridgehead atoms. The van der Waals surface area contributed by atoms with Crippen molar-refractivity contribution in [3.8, 4) is 5.75 Å². The molecule has 0 saturated carbocycles. The lowest BCUT2D eigenvalue weighted by Gasteiger charge is -2.37. The van der Waals surface area contributed by atoms with E-state index in [0.29, 0.717) is 24.6 Å². The minimum atomic E-state index is -0.285. The van der Waals surface area contributed by atoms with Gasteiger partial charge in [-0.1, -0.05) is 38.1 Å². The highest BCUT2D eigenvalue weighted by Crippen LogP contribution is 2.34. The number of rotatable bonds is 7. The molecule has 1 amide bonds. The van der Waals surface area contributed by atoms with Gasteiger partial charge in [-0.25, -0.2) is 0 Å². The summed E-state index contributed by atoms with van der Waals surface area (Å²) in [6, 6.07) is 19.3. The van der Waals surface area contributed by atoms with Crippen LogP contribution in [-0.2, 0) is 6.54 Å². The lowest BCUT2D eigenvalue weighted by Crippen LogP contribution is -2.42. The van der Waals surface area contributed by atoms with Gasteiger partial charge in [-0.3, -0.25) is 4.79 Å². The maximum atomic E-state index is 13.2. The van der Waals surface area contributed by atoms with Crippen molar-refractivity contribution < 1.29 is 13.9 Å². The summed E-state index contributed by atoms with van der Waals surface area (Å²) < 4.78 is 11.3. The number of hydrogen-bond donors (Lipinski definition) is 1. The smallest absolute Gasteiger partial charge is 0.258 e. The first kappa shape index (κ1) is 19.1. The Kier molecular flexibility index (Phi) is 5.56. The summed E-state index contributed by atoms with van der Waals surface area (Å²) in [5.41, 5.74) is 2.51. The average Bonchev–Trinajstić information content (AvgIpc) is 3.24. The van der Waals surface area contributed by atoms with Crippen molar-refractivity contribution in [1.82, 2.24) is 4.90 Å². The van der Waals surface area contributed by atoms with Crippen LogP contribution in [0.1, 0.15) is 48.1 Å². The number of carbonyl (C=O) groups excluding carboxylic acids is 1. The summed E-state index contributed by atoms with van der Waals surface area (Å²) in [5.74, 6) is 2.19.